The normalized spacial score (nSPS) is 34.8. The second-order valence-corrected chi connectivity index (χ2v) is 5.30. The minimum absolute atomic E-state index is 0.0558. The van der Waals surface area contributed by atoms with Crippen LogP contribution in [0.2, 0.25) is 0 Å². The molecular formula is C13H23NO2. The van der Waals surface area contributed by atoms with E-state index in [9.17, 15) is 4.79 Å². The summed E-state index contributed by atoms with van der Waals surface area (Å²) in [5.41, 5.74) is -0.380. The molecule has 2 unspecified atom stereocenters. The lowest BCUT2D eigenvalue weighted by molar-refractivity contribution is -0.151. The van der Waals surface area contributed by atoms with Crippen molar-refractivity contribution in [3.8, 4) is 0 Å². The predicted molar refractivity (Wildman–Crippen MR) is 63.1 cm³/mol. The van der Waals surface area contributed by atoms with Crippen LogP contribution in [0.3, 0.4) is 0 Å². The summed E-state index contributed by atoms with van der Waals surface area (Å²) >= 11 is 0. The van der Waals surface area contributed by atoms with Crippen LogP contribution < -0.4 is 5.32 Å². The highest BCUT2D eigenvalue weighted by atomic mass is 16.5. The lowest BCUT2D eigenvalue weighted by Crippen LogP contribution is -2.55. The van der Waals surface area contributed by atoms with Gasteiger partial charge < -0.3 is 10.1 Å². The summed E-state index contributed by atoms with van der Waals surface area (Å²) in [7, 11) is 1.50. The summed E-state index contributed by atoms with van der Waals surface area (Å²) in [5.74, 6) is 1.58. The monoisotopic (exact) mass is 225 g/mol. The lowest BCUT2D eigenvalue weighted by Gasteiger charge is -2.39. The number of esters is 1. The van der Waals surface area contributed by atoms with Gasteiger partial charge in [0.15, 0.2) is 0 Å². The first kappa shape index (κ1) is 11.9. The predicted octanol–water partition coefficient (Wildman–Crippen LogP) is 2.11. The van der Waals surface area contributed by atoms with Crippen LogP contribution in [-0.2, 0) is 9.53 Å². The zero-order valence-corrected chi connectivity index (χ0v) is 10.4. The van der Waals surface area contributed by atoms with Crippen LogP contribution in [0.1, 0.15) is 45.4 Å². The van der Waals surface area contributed by atoms with Crippen molar-refractivity contribution in [3.63, 3.8) is 0 Å². The van der Waals surface area contributed by atoms with Gasteiger partial charge in [0, 0.05) is 0 Å². The van der Waals surface area contributed by atoms with Crippen molar-refractivity contribution in [1.82, 2.24) is 5.32 Å². The van der Waals surface area contributed by atoms with Gasteiger partial charge in [-0.1, -0.05) is 19.8 Å². The zero-order valence-electron chi connectivity index (χ0n) is 10.4. The van der Waals surface area contributed by atoms with E-state index < -0.39 is 0 Å². The largest absolute Gasteiger partial charge is 0.468 e. The maximum absolute atomic E-state index is 12.0. The van der Waals surface area contributed by atoms with Crippen LogP contribution in [0.4, 0.5) is 0 Å². The lowest BCUT2D eigenvalue weighted by atomic mass is 9.73. The molecule has 0 radical (unpaired) electrons. The fourth-order valence-electron chi connectivity index (χ4n) is 3.24. The minimum Gasteiger partial charge on any atom is -0.468 e. The quantitative estimate of drug-likeness (QED) is 0.745. The number of methoxy groups -OCH3 is 1. The van der Waals surface area contributed by atoms with Crippen molar-refractivity contribution in [3.05, 3.63) is 0 Å². The van der Waals surface area contributed by atoms with Crippen molar-refractivity contribution in [2.24, 2.45) is 11.8 Å². The maximum atomic E-state index is 12.0. The van der Waals surface area contributed by atoms with Crippen LogP contribution in [0.15, 0.2) is 0 Å². The molecule has 2 aliphatic carbocycles. The van der Waals surface area contributed by atoms with E-state index >= 15 is 0 Å². The van der Waals surface area contributed by atoms with E-state index in [0.29, 0.717) is 0 Å². The molecule has 0 amide bonds. The number of nitrogens with one attached hydrogen (secondary N) is 1. The molecule has 2 saturated carbocycles. The van der Waals surface area contributed by atoms with Gasteiger partial charge in [-0.15, -0.1) is 0 Å². The van der Waals surface area contributed by atoms with Crippen LogP contribution in [-0.4, -0.2) is 25.2 Å². The third-order valence-electron chi connectivity index (χ3n) is 4.17. The molecule has 2 fully saturated rings. The highest BCUT2D eigenvalue weighted by molar-refractivity contribution is 5.81. The van der Waals surface area contributed by atoms with E-state index in [1.54, 1.807) is 0 Å². The average molecular weight is 225 g/mol. The average Bonchev–Trinajstić information content (AvgIpc) is 3.12. The van der Waals surface area contributed by atoms with E-state index in [1.165, 1.54) is 26.4 Å². The molecule has 0 aromatic rings. The Morgan fingerprint density at radius 2 is 2.12 bits per heavy atom. The van der Waals surface area contributed by atoms with E-state index in [0.717, 1.165) is 37.6 Å². The van der Waals surface area contributed by atoms with Crippen LogP contribution in [0.5, 0.6) is 0 Å². The Morgan fingerprint density at radius 1 is 1.38 bits per heavy atom. The van der Waals surface area contributed by atoms with E-state index in [2.05, 4.69) is 12.2 Å². The molecule has 2 rings (SSSR count). The summed E-state index contributed by atoms with van der Waals surface area (Å²) in [6.07, 6.45) is 7.12. The molecule has 0 aromatic carbocycles. The Morgan fingerprint density at radius 3 is 2.69 bits per heavy atom. The molecule has 0 bridgehead atoms. The summed E-state index contributed by atoms with van der Waals surface area (Å²) in [4.78, 5) is 12.0. The van der Waals surface area contributed by atoms with E-state index in [4.69, 9.17) is 4.74 Å². The molecule has 0 saturated heterocycles. The van der Waals surface area contributed by atoms with Gasteiger partial charge in [0.25, 0.3) is 0 Å². The van der Waals surface area contributed by atoms with Crippen LogP contribution >= 0.6 is 0 Å². The number of ether oxygens (including phenoxy) is 1. The Kier molecular flexibility index (Phi) is 3.53. The standard InChI is InChI=1S/C13H23NO2/c1-3-14-13(12(15)16-2)8-4-5-11(9-13)10-6-7-10/h10-11,14H,3-9H2,1-2H3. The Bertz CT molecular complexity index is 259. The molecule has 1 N–H and O–H groups in total. The van der Waals surface area contributed by atoms with Crippen LogP contribution in [0, 0.1) is 11.8 Å². The van der Waals surface area contributed by atoms with E-state index in [1.807, 2.05) is 0 Å². The molecule has 2 atom stereocenters. The second-order valence-electron chi connectivity index (χ2n) is 5.30. The van der Waals surface area contributed by atoms with Gasteiger partial charge in [-0.2, -0.15) is 0 Å². The molecule has 3 heteroatoms. The van der Waals surface area contributed by atoms with Gasteiger partial charge in [-0.05, 0) is 44.1 Å². The number of likely N-dealkylation sites (N-methyl/N-ethyl adjacent to an activating group) is 1. The third-order valence-corrected chi connectivity index (χ3v) is 4.17. The molecule has 0 aromatic heterocycles. The number of hydrogen-bond acceptors (Lipinski definition) is 3. The highest BCUT2D eigenvalue weighted by Crippen LogP contribution is 2.46. The van der Waals surface area contributed by atoms with Gasteiger partial charge in [-0.25, -0.2) is 0 Å². The van der Waals surface area contributed by atoms with Crippen molar-refractivity contribution >= 4 is 5.97 Å². The first-order valence-corrected chi connectivity index (χ1v) is 6.55. The fraction of sp³-hybridized carbons (Fsp3) is 0.923. The van der Waals surface area contributed by atoms with Crippen molar-refractivity contribution in [2.75, 3.05) is 13.7 Å². The number of hydrogen-bond donors (Lipinski definition) is 1. The highest BCUT2D eigenvalue weighted by Gasteiger charge is 2.46. The number of rotatable bonds is 4. The van der Waals surface area contributed by atoms with Crippen molar-refractivity contribution in [1.29, 1.82) is 0 Å². The third kappa shape index (κ3) is 2.24. The molecule has 3 nitrogen and oxygen atoms in total. The van der Waals surface area contributed by atoms with E-state index in [-0.39, 0.29) is 11.5 Å². The van der Waals surface area contributed by atoms with Gasteiger partial charge in [0.05, 0.1) is 7.11 Å². The van der Waals surface area contributed by atoms with Gasteiger partial charge >= 0.3 is 5.97 Å². The molecular weight excluding hydrogens is 202 g/mol. The molecule has 2 aliphatic rings. The van der Waals surface area contributed by atoms with Gasteiger partial charge in [0.1, 0.15) is 5.54 Å². The number of carbonyl (C=O) groups excluding carboxylic acids is 1. The van der Waals surface area contributed by atoms with Gasteiger partial charge in [0.2, 0.25) is 0 Å². The summed E-state index contributed by atoms with van der Waals surface area (Å²) < 4.78 is 4.99. The topological polar surface area (TPSA) is 38.3 Å². The zero-order chi connectivity index (χ0) is 11.6. The number of carbonyl (C=O) groups is 1. The fourth-order valence-corrected chi connectivity index (χ4v) is 3.24. The summed E-state index contributed by atoms with van der Waals surface area (Å²) in [6, 6.07) is 0. The summed E-state index contributed by atoms with van der Waals surface area (Å²) in [5, 5.41) is 3.39. The molecule has 92 valence electrons. The summed E-state index contributed by atoms with van der Waals surface area (Å²) in [6.45, 7) is 2.90. The Labute approximate surface area is 97.9 Å². The van der Waals surface area contributed by atoms with Crippen LogP contribution in [0.25, 0.3) is 0 Å². The first-order valence-electron chi connectivity index (χ1n) is 6.55. The smallest absolute Gasteiger partial charge is 0.326 e. The Hall–Kier alpha value is -0.570. The molecule has 0 aliphatic heterocycles. The SMILES string of the molecule is CCNC1(C(=O)OC)CCCC(C2CC2)C1. The molecule has 0 heterocycles. The maximum Gasteiger partial charge on any atom is 0.326 e. The molecule has 16 heavy (non-hydrogen) atoms. The Balaban J connectivity index is 2.07. The van der Waals surface area contributed by atoms with Crippen molar-refractivity contribution in [2.45, 2.75) is 51.0 Å². The van der Waals surface area contributed by atoms with Crippen molar-refractivity contribution < 1.29 is 9.53 Å². The van der Waals surface area contributed by atoms with Gasteiger partial charge in [-0.3, -0.25) is 4.79 Å². The first-order chi connectivity index (χ1) is 7.72. The minimum atomic E-state index is -0.380. The second kappa shape index (κ2) is 4.74. The molecule has 0 spiro atoms.